The van der Waals surface area contributed by atoms with Crippen molar-refractivity contribution in [2.24, 2.45) is 5.73 Å². The largest absolute Gasteiger partial charge is 0.399 e. The summed E-state index contributed by atoms with van der Waals surface area (Å²) in [4.78, 5) is 0. The highest BCUT2D eigenvalue weighted by Gasteiger charge is 2.22. The molecule has 1 aliphatic rings. The predicted octanol–water partition coefficient (Wildman–Crippen LogP) is 1.87. The van der Waals surface area contributed by atoms with Crippen LogP contribution in [0, 0.1) is 0 Å². The second-order valence-electron chi connectivity index (χ2n) is 4.68. The fourth-order valence-corrected chi connectivity index (χ4v) is 2.09. The SMILES string of the molecule is CC1(N)CCc2ccc(N)cc2CC1. The van der Waals surface area contributed by atoms with Crippen molar-refractivity contribution >= 4 is 5.69 Å². The first-order chi connectivity index (χ1) is 6.57. The zero-order valence-corrected chi connectivity index (χ0v) is 8.72. The van der Waals surface area contributed by atoms with Crippen LogP contribution in [0.3, 0.4) is 0 Å². The normalized spacial score (nSPS) is 26.7. The first kappa shape index (κ1) is 9.53. The Kier molecular flexibility index (Phi) is 2.23. The average molecular weight is 190 g/mol. The molecule has 76 valence electrons. The van der Waals surface area contributed by atoms with Gasteiger partial charge in [0.1, 0.15) is 0 Å². The molecule has 0 aliphatic heterocycles. The predicted molar refractivity (Wildman–Crippen MR) is 60.1 cm³/mol. The van der Waals surface area contributed by atoms with Crippen LogP contribution < -0.4 is 11.5 Å². The Morgan fingerprint density at radius 2 is 1.79 bits per heavy atom. The second kappa shape index (κ2) is 3.28. The number of anilines is 1. The van der Waals surface area contributed by atoms with E-state index >= 15 is 0 Å². The maximum atomic E-state index is 6.16. The monoisotopic (exact) mass is 190 g/mol. The van der Waals surface area contributed by atoms with E-state index in [-0.39, 0.29) is 5.54 Å². The summed E-state index contributed by atoms with van der Waals surface area (Å²) < 4.78 is 0. The van der Waals surface area contributed by atoms with Gasteiger partial charge in [-0.05, 0) is 55.9 Å². The molecule has 0 amide bonds. The van der Waals surface area contributed by atoms with E-state index in [0.717, 1.165) is 31.4 Å². The van der Waals surface area contributed by atoms with Crippen molar-refractivity contribution < 1.29 is 0 Å². The first-order valence-electron chi connectivity index (χ1n) is 5.23. The van der Waals surface area contributed by atoms with E-state index in [4.69, 9.17) is 11.5 Å². The third kappa shape index (κ3) is 1.90. The molecule has 0 fully saturated rings. The third-order valence-corrected chi connectivity index (χ3v) is 3.16. The van der Waals surface area contributed by atoms with E-state index in [1.54, 1.807) is 0 Å². The minimum Gasteiger partial charge on any atom is -0.399 e. The molecule has 0 spiro atoms. The molecule has 1 aromatic rings. The van der Waals surface area contributed by atoms with Gasteiger partial charge in [-0.25, -0.2) is 0 Å². The van der Waals surface area contributed by atoms with Crippen molar-refractivity contribution in [1.29, 1.82) is 0 Å². The number of nitrogen functional groups attached to an aromatic ring is 1. The number of fused-ring (bicyclic) bond motifs is 1. The highest BCUT2D eigenvalue weighted by Crippen LogP contribution is 2.26. The Hall–Kier alpha value is -1.02. The van der Waals surface area contributed by atoms with Gasteiger partial charge >= 0.3 is 0 Å². The van der Waals surface area contributed by atoms with Crippen molar-refractivity contribution in [2.45, 2.75) is 38.1 Å². The van der Waals surface area contributed by atoms with Crippen LogP contribution in [-0.2, 0) is 12.8 Å². The molecule has 0 saturated heterocycles. The lowest BCUT2D eigenvalue weighted by Gasteiger charge is -2.21. The van der Waals surface area contributed by atoms with E-state index in [1.165, 1.54) is 11.1 Å². The van der Waals surface area contributed by atoms with Crippen molar-refractivity contribution in [2.75, 3.05) is 5.73 Å². The molecule has 0 bridgehead atoms. The summed E-state index contributed by atoms with van der Waals surface area (Å²) in [7, 11) is 0. The lowest BCUT2D eigenvalue weighted by Crippen LogP contribution is -2.35. The molecule has 14 heavy (non-hydrogen) atoms. The van der Waals surface area contributed by atoms with Crippen LogP contribution in [0.5, 0.6) is 0 Å². The van der Waals surface area contributed by atoms with Crippen molar-refractivity contribution in [3.8, 4) is 0 Å². The molecule has 0 saturated carbocycles. The molecule has 1 aromatic carbocycles. The van der Waals surface area contributed by atoms with Gasteiger partial charge in [0.25, 0.3) is 0 Å². The van der Waals surface area contributed by atoms with Gasteiger partial charge in [-0.3, -0.25) is 0 Å². The summed E-state index contributed by atoms with van der Waals surface area (Å²) >= 11 is 0. The number of hydrogen-bond acceptors (Lipinski definition) is 2. The highest BCUT2D eigenvalue weighted by molar-refractivity contribution is 5.45. The zero-order chi connectivity index (χ0) is 10.2. The van der Waals surface area contributed by atoms with E-state index in [1.807, 2.05) is 6.07 Å². The summed E-state index contributed by atoms with van der Waals surface area (Å²) in [5, 5.41) is 0. The fraction of sp³-hybridized carbons (Fsp3) is 0.500. The summed E-state index contributed by atoms with van der Waals surface area (Å²) in [6, 6.07) is 6.22. The third-order valence-electron chi connectivity index (χ3n) is 3.16. The fourth-order valence-electron chi connectivity index (χ4n) is 2.09. The Bertz CT molecular complexity index is 342. The average Bonchev–Trinajstić information content (AvgIpc) is 2.26. The van der Waals surface area contributed by atoms with Crippen molar-refractivity contribution in [3.05, 3.63) is 29.3 Å². The maximum Gasteiger partial charge on any atom is 0.0316 e. The van der Waals surface area contributed by atoms with Gasteiger partial charge in [0.15, 0.2) is 0 Å². The van der Waals surface area contributed by atoms with Crippen LogP contribution in [-0.4, -0.2) is 5.54 Å². The highest BCUT2D eigenvalue weighted by atomic mass is 14.7. The van der Waals surface area contributed by atoms with Crippen LogP contribution in [0.1, 0.15) is 30.9 Å². The van der Waals surface area contributed by atoms with Gasteiger partial charge in [0.2, 0.25) is 0 Å². The summed E-state index contributed by atoms with van der Waals surface area (Å²) in [5.41, 5.74) is 15.6. The van der Waals surface area contributed by atoms with Crippen molar-refractivity contribution in [3.63, 3.8) is 0 Å². The van der Waals surface area contributed by atoms with Gasteiger partial charge in [-0.2, -0.15) is 0 Å². The van der Waals surface area contributed by atoms with Crippen LogP contribution in [0.2, 0.25) is 0 Å². The van der Waals surface area contributed by atoms with Gasteiger partial charge in [0.05, 0.1) is 0 Å². The standard InChI is InChI=1S/C12H18N2/c1-12(14)6-4-9-2-3-11(13)8-10(9)5-7-12/h2-3,8H,4-7,13-14H2,1H3. The van der Waals surface area contributed by atoms with Crippen molar-refractivity contribution in [1.82, 2.24) is 0 Å². The zero-order valence-electron chi connectivity index (χ0n) is 8.72. The topological polar surface area (TPSA) is 52.0 Å². The van der Waals surface area contributed by atoms with Gasteiger partial charge in [-0.15, -0.1) is 0 Å². The molecule has 1 unspecified atom stereocenters. The van der Waals surface area contributed by atoms with E-state index in [2.05, 4.69) is 19.1 Å². The lowest BCUT2D eigenvalue weighted by molar-refractivity contribution is 0.413. The molecule has 0 aromatic heterocycles. The lowest BCUT2D eigenvalue weighted by atomic mass is 9.94. The Labute approximate surface area is 85.3 Å². The van der Waals surface area contributed by atoms with Gasteiger partial charge in [-0.1, -0.05) is 6.07 Å². The van der Waals surface area contributed by atoms with Gasteiger partial charge < -0.3 is 11.5 Å². The number of nitrogens with two attached hydrogens (primary N) is 2. The Morgan fingerprint density at radius 1 is 1.14 bits per heavy atom. The summed E-state index contributed by atoms with van der Waals surface area (Å²) in [6.07, 6.45) is 4.28. The Balaban J connectivity index is 2.30. The Morgan fingerprint density at radius 3 is 2.50 bits per heavy atom. The summed E-state index contributed by atoms with van der Waals surface area (Å²) in [5.74, 6) is 0. The summed E-state index contributed by atoms with van der Waals surface area (Å²) in [6.45, 7) is 2.14. The quantitative estimate of drug-likeness (QED) is 0.484. The number of hydrogen-bond donors (Lipinski definition) is 2. The van der Waals surface area contributed by atoms with Crippen LogP contribution in [0.25, 0.3) is 0 Å². The minimum atomic E-state index is -0.00617. The molecular weight excluding hydrogens is 172 g/mol. The second-order valence-corrected chi connectivity index (χ2v) is 4.68. The molecule has 1 aliphatic carbocycles. The molecule has 2 rings (SSSR count). The maximum absolute atomic E-state index is 6.16. The smallest absolute Gasteiger partial charge is 0.0316 e. The first-order valence-corrected chi connectivity index (χ1v) is 5.23. The van der Waals surface area contributed by atoms with Gasteiger partial charge in [0, 0.05) is 11.2 Å². The van der Waals surface area contributed by atoms with Crippen LogP contribution >= 0.6 is 0 Å². The molecule has 2 heteroatoms. The minimum absolute atomic E-state index is 0.00617. The molecule has 0 radical (unpaired) electrons. The van der Waals surface area contributed by atoms with Crippen LogP contribution in [0.15, 0.2) is 18.2 Å². The van der Waals surface area contributed by atoms with Crippen LogP contribution in [0.4, 0.5) is 5.69 Å². The molecular formula is C12H18N2. The molecule has 4 N–H and O–H groups in total. The number of aryl methyl sites for hydroxylation is 2. The molecule has 1 atom stereocenters. The van der Waals surface area contributed by atoms with E-state index < -0.39 is 0 Å². The molecule has 2 nitrogen and oxygen atoms in total. The van der Waals surface area contributed by atoms with E-state index in [9.17, 15) is 0 Å². The molecule has 0 heterocycles. The number of rotatable bonds is 0. The number of benzene rings is 1. The van der Waals surface area contributed by atoms with E-state index in [0.29, 0.717) is 0 Å².